The first-order chi connectivity index (χ1) is 12.2. The zero-order valence-corrected chi connectivity index (χ0v) is 14.3. The minimum atomic E-state index is 0.0370. The molecule has 1 saturated heterocycles. The summed E-state index contributed by atoms with van der Waals surface area (Å²) in [5.41, 5.74) is 4.86. The van der Waals surface area contributed by atoms with Gasteiger partial charge in [-0.25, -0.2) is 0 Å². The van der Waals surface area contributed by atoms with Crippen LogP contribution >= 0.6 is 0 Å². The summed E-state index contributed by atoms with van der Waals surface area (Å²) in [6.45, 7) is 3.74. The van der Waals surface area contributed by atoms with E-state index in [9.17, 15) is 4.79 Å². The third kappa shape index (κ3) is 2.64. The molecule has 2 aliphatic rings. The van der Waals surface area contributed by atoms with Crippen LogP contribution in [0.2, 0.25) is 0 Å². The highest BCUT2D eigenvalue weighted by molar-refractivity contribution is 6.10. The Hall–Kier alpha value is -2.87. The fraction of sp³-hybridized carbons (Fsp3) is 0.350. The largest absolute Gasteiger partial charge is 0.368 e. The van der Waals surface area contributed by atoms with Gasteiger partial charge in [-0.15, -0.1) is 6.42 Å². The molecule has 126 valence electrons. The molecule has 1 aliphatic heterocycles. The highest BCUT2D eigenvalue weighted by Crippen LogP contribution is 2.36. The van der Waals surface area contributed by atoms with Gasteiger partial charge in [0.1, 0.15) is 0 Å². The fourth-order valence-electron chi connectivity index (χ4n) is 3.77. The third-order valence-corrected chi connectivity index (χ3v) is 5.09. The molecule has 0 bridgehead atoms. The summed E-state index contributed by atoms with van der Waals surface area (Å²) in [4.78, 5) is 16.6. The molecule has 0 N–H and O–H groups in total. The van der Waals surface area contributed by atoms with Crippen LogP contribution in [-0.2, 0) is 17.6 Å². The zero-order valence-electron chi connectivity index (χ0n) is 14.3. The Morgan fingerprint density at radius 2 is 2.12 bits per heavy atom. The van der Waals surface area contributed by atoms with E-state index in [1.54, 1.807) is 17.2 Å². The maximum Gasteiger partial charge on any atom is 0.177 e. The smallest absolute Gasteiger partial charge is 0.177 e. The number of benzene rings is 1. The fourth-order valence-corrected chi connectivity index (χ4v) is 3.77. The van der Waals surface area contributed by atoms with Crippen LogP contribution in [0.1, 0.15) is 36.1 Å². The van der Waals surface area contributed by atoms with E-state index in [0.29, 0.717) is 12.0 Å². The van der Waals surface area contributed by atoms with Gasteiger partial charge in [-0.2, -0.15) is 15.0 Å². The van der Waals surface area contributed by atoms with E-state index < -0.39 is 0 Å². The van der Waals surface area contributed by atoms with Gasteiger partial charge in [-0.1, -0.05) is 25.0 Å². The molecule has 0 saturated carbocycles. The van der Waals surface area contributed by atoms with E-state index in [1.807, 2.05) is 0 Å². The monoisotopic (exact) mass is 332 g/mol. The van der Waals surface area contributed by atoms with Crippen molar-refractivity contribution in [3.63, 3.8) is 0 Å². The van der Waals surface area contributed by atoms with Crippen molar-refractivity contribution in [3.05, 3.63) is 52.9 Å². The third-order valence-electron chi connectivity index (χ3n) is 5.09. The van der Waals surface area contributed by atoms with Crippen molar-refractivity contribution in [2.24, 2.45) is 0 Å². The number of nitrogens with zero attached hydrogens (tertiary/aromatic N) is 4. The van der Waals surface area contributed by atoms with E-state index in [2.05, 4.69) is 46.1 Å². The number of rotatable bonds is 3. The number of likely N-dealkylation sites (tertiary alicyclic amines) is 1. The van der Waals surface area contributed by atoms with Gasteiger partial charge in [-0.3, -0.25) is 4.79 Å². The second-order valence-corrected chi connectivity index (χ2v) is 6.55. The first-order valence-electron chi connectivity index (χ1n) is 8.68. The molecule has 5 heteroatoms. The van der Waals surface area contributed by atoms with Gasteiger partial charge in [0.15, 0.2) is 5.78 Å². The molecule has 1 atom stereocenters. The molecule has 1 fully saturated rings. The van der Waals surface area contributed by atoms with Crippen molar-refractivity contribution in [3.8, 4) is 12.3 Å². The molecule has 1 aliphatic carbocycles. The summed E-state index contributed by atoms with van der Waals surface area (Å²) in [6.07, 6.45) is 11.4. The van der Waals surface area contributed by atoms with Crippen LogP contribution in [0.3, 0.4) is 0 Å². The predicted molar refractivity (Wildman–Crippen MR) is 95.5 cm³/mol. The normalized spacial score (nSPS) is 19.9. The molecule has 25 heavy (non-hydrogen) atoms. The number of carbonyl (C=O) groups is 1. The standard InChI is InChI=1S/C20H20N4O/c1-3-14-5-6-15-12-19(25)17(4-2)20(18(15)11-14)23-10-7-16(13-23)24-21-8-9-22-24/h2,5-6,8-9,11,16H,3,7,10,12-13H2,1H3/t16-/m1/s1. The van der Waals surface area contributed by atoms with Gasteiger partial charge in [0.05, 0.1) is 29.7 Å². The zero-order chi connectivity index (χ0) is 17.4. The number of ketones is 1. The first kappa shape index (κ1) is 15.6. The average molecular weight is 332 g/mol. The highest BCUT2D eigenvalue weighted by atomic mass is 16.1. The molecule has 2 heterocycles. The molecular formula is C20H20N4O. The minimum Gasteiger partial charge on any atom is -0.368 e. The lowest BCUT2D eigenvalue weighted by molar-refractivity contribution is -0.114. The topological polar surface area (TPSA) is 51.0 Å². The summed E-state index contributed by atoms with van der Waals surface area (Å²) < 4.78 is 0. The average Bonchev–Trinajstić information content (AvgIpc) is 3.31. The molecule has 0 amide bonds. The van der Waals surface area contributed by atoms with E-state index in [1.165, 1.54) is 5.56 Å². The predicted octanol–water partition coefficient (Wildman–Crippen LogP) is 2.26. The van der Waals surface area contributed by atoms with Crippen molar-refractivity contribution in [1.29, 1.82) is 0 Å². The maximum atomic E-state index is 12.6. The number of hydrogen-bond acceptors (Lipinski definition) is 4. The quantitative estimate of drug-likeness (QED) is 0.809. The Morgan fingerprint density at radius 1 is 1.32 bits per heavy atom. The molecule has 1 aromatic heterocycles. The second kappa shape index (κ2) is 6.21. The number of fused-ring (bicyclic) bond motifs is 1. The van der Waals surface area contributed by atoms with Crippen molar-refractivity contribution < 1.29 is 4.79 Å². The number of hydrogen-bond donors (Lipinski definition) is 0. The summed E-state index contributed by atoms with van der Waals surface area (Å²) in [5.74, 6) is 2.70. The van der Waals surface area contributed by atoms with Crippen molar-refractivity contribution in [1.82, 2.24) is 19.9 Å². The first-order valence-corrected chi connectivity index (χ1v) is 8.68. The van der Waals surface area contributed by atoms with Gasteiger partial charge in [0.2, 0.25) is 0 Å². The molecule has 1 aromatic carbocycles. The van der Waals surface area contributed by atoms with E-state index in [4.69, 9.17) is 6.42 Å². The van der Waals surface area contributed by atoms with Gasteiger partial charge in [0, 0.05) is 25.1 Å². The van der Waals surface area contributed by atoms with Gasteiger partial charge < -0.3 is 4.90 Å². The van der Waals surface area contributed by atoms with Crippen LogP contribution in [-0.4, -0.2) is 38.8 Å². The SMILES string of the molecule is C#CC1=C(N2CC[C@@H](n3nccn3)C2)c2cc(CC)ccc2CC1=O. The number of allylic oxidation sites excluding steroid dienone is 1. The Labute approximate surface area is 147 Å². The van der Waals surface area contributed by atoms with Crippen LogP contribution in [0.25, 0.3) is 5.70 Å². The molecule has 0 spiro atoms. The van der Waals surface area contributed by atoms with Crippen LogP contribution in [0.5, 0.6) is 0 Å². The minimum absolute atomic E-state index is 0.0370. The van der Waals surface area contributed by atoms with Crippen molar-refractivity contribution in [2.45, 2.75) is 32.2 Å². The van der Waals surface area contributed by atoms with Gasteiger partial charge >= 0.3 is 0 Å². The molecule has 0 unspecified atom stereocenters. The Kier molecular flexibility index (Phi) is 3.89. The Balaban J connectivity index is 1.76. The van der Waals surface area contributed by atoms with E-state index >= 15 is 0 Å². The van der Waals surface area contributed by atoms with Gasteiger partial charge in [-0.05, 0) is 30.0 Å². The summed E-state index contributed by atoms with van der Waals surface area (Å²) in [6, 6.07) is 6.57. The lowest BCUT2D eigenvalue weighted by Gasteiger charge is -2.29. The number of terminal acetylenes is 1. The van der Waals surface area contributed by atoms with Crippen molar-refractivity contribution >= 4 is 11.5 Å². The van der Waals surface area contributed by atoms with E-state index in [0.717, 1.165) is 42.8 Å². The lowest BCUT2D eigenvalue weighted by Crippen LogP contribution is -2.27. The molecular weight excluding hydrogens is 312 g/mol. The number of carbonyl (C=O) groups excluding carboxylic acids is 1. The Bertz CT molecular complexity index is 889. The summed E-state index contributed by atoms with van der Waals surface area (Å²) in [5, 5.41) is 8.52. The molecule has 0 radical (unpaired) electrons. The van der Waals surface area contributed by atoms with E-state index in [-0.39, 0.29) is 11.8 Å². The van der Waals surface area contributed by atoms with Crippen LogP contribution < -0.4 is 0 Å². The maximum absolute atomic E-state index is 12.6. The molecule has 2 aromatic rings. The van der Waals surface area contributed by atoms with Crippen LogP contribution in [0.4, 0.5) is 0 Å². The Morgan fingerprint density at radius 3 is 2.84 bits per heavy atom. The number of aryl methyl sites for hydroxylation is 1. The van der Waals surface area contributed by atoms with Crippen molar-refractivity contribution in [2.75, 3.05) is 13.1 Å². The summed E-state index contributed by atoms with van der Waals surface area (Å²) >= 11 is 0. The van der Waals surface area contributed by atoms with Crippen LogP contribution in [0.15, 0.2) is 36.2 Å². The second-order valence-electron chi connectivity index (χ2n) is 6.55. The molecule has 5 nitrogen and oxygen atoms in total. The highest BCUT2D eigenvalue weighted by Gasteiger charge is 2.33. The lowest BCUT2D eigenvalue weighted by atomic mass is 9.86. The number of Topliss-reactive ketones (excluding diaryl/α,β-unsaturated/α-hetero) is 1. The van der Waals surface area contributed by atoms with Crippen LogP contribution in [0, 0.1) is 12.3 Å². The summed E-state index contributed by atoms with van der Waals surface area (Å²) in [7, 11) is 0. The molecule has 4 rings (SSSR count). The van der Waals surface area contributed by atoms with Gasteiger partial charge in [0.25, 0.3) is 0 Å². The number of aromatic nitrogens is 3.